The van der Waals surface area contributed by atoms with E-state index in [-0.39, 0.29) is 5.52 Å². The van der Waals surface area contributed by atoms with E-state index in [0.717, 1.165) is 6.20 Å². The molecule has 1 aromatic heterocycles. The molecule has 2 rings (SSSR count). The highest BCUT2D eigenvalue weighted by atomic mass is 19.2. The van der Waals surface area contributed by atoms with Gasteiger partial charge in [0.2, 0.25) is 11.2 Å². The summed E-state index contributed by atoms with van der Waals surface area (Å²) < 4.78 is 26.0. The molecule has 1 heterocycles. The van der Waals surface area contributed by atoms with Gasteiger partial charge >= 0.3 is 5.97 Å². The van der Waals surface area contributed by atoms with Crippen molar-refractivity contribution in [3.8, 4) is 5.75 Å². The number of pyridine rings is 1. The summed E-state index contributed by atoms with van der Waals surface area (Å²) >= 11 is 0. The number of nitrogens with one attached hydrogen (secondary N) is 1. The van der Waals surface area contributed by atoms with E-state index >= 15 is 0 Å². The molecule has 5 nitrogen and oxygen atoms in total. The molecule has 0 aliphatic carbocycles. The maximum absolute atomic E-state index is 13.0. The number of carboxylic acid groups (broad SMARTS) is 1. The molecule has 0 saturated carbocycles. The maximum atomic E-state index is 13.0. The summed E-state index contributed by atoms with van der Waals surface area (Å²) in [5, 5.41) is 17.5. The van der Waals surface area contributed by atoms with Crippen molar-refractivity contribution in [1.29, 1.82) is 0 Å². The van der Waals surface area contributed by atoms with Crippen molar-refractivity contribution in [1.82, 2.24) is 4.98 Å². The third kappa shape index (κ3) is 1.52. The third-order valence-corrected chi connectivity index (χ3v) is 2.28. The van der Waals surface area contributed by atoms with Gasteiger partial charge in [-0.25, -0.2) is 9.18 Å². The molecule has 0 amide bonds. The van der Waals surface area contributed by atoms with E-state index in [1.54, 1.807) is 0 Å². The Morgan fingerprint density at radius 2 is 2.00 bits per heavy atom. The number of benzene rings is 1. The van der Waals surface area contributed by atoms with Gasteiger partial charge in [0.05, 0.1) is 10.9 Å². The fourth-order valence-corrected chi connectivity index (χ4v) is 1.45. The van der Waals surface area contributed by atoms with Crippen LogP contribution in [0.15, 0.2) is 17.1 Å². The zero-order valence-electron chi connectivity index (χ0n) is 8.12. The quantitative estimate of drug-likeness (QED) is 0.699. The van der Waals surface area contributed by atoms with Crippen molar-refractivity contribution in [2.24, 2.45) is 0 Å². The summed E-state index contributed by atoms with van der Waals surface area (Å²) in [5.74, 6) is -5.49. The van der Waals surface area contributed by atoms with E-state index in [0.29, 0.717) is 6.07 Å². The summed E-state index contributed by atoms with van der Waals surface area (Å²) in [6.07, 6.45) is 0.810. The molecule has 0 radical (unpaired) electrons. The molecule has 0 aliphatic heterocycles. The van der Waals surface area contributed by atoms with Gasteiger partial charge in [0.25, 0.3) is 0 Å². The minimum atomic E-state index is -1.50. The highest BCUT2D eigenvalue weighted by Crippen LogP contribution is 2.26. The third-order valence-electron chi connectivity index (χ3n) is 2.28. The summed E-state index contributed by atoms with van der Waals surface area (Å²) in [5.41, 5.74) is -1.97. The van der Waals surface area contributed by atoms with Crippen molar-refractivity contribution >= 4 is 16.9 Å². The second kappa shape index (κ2) is 3.55. The summed E-state index contributed by atoms with van der Waals surface area (Å²) in [6, 6.07) is 0.537. The monoisotopic (exact) mass is 241 g/mol. The van der Waals surface area contributed by atoms with E-state index in [1.165, 1.54) is 0 Å². The van der Waals surface area contributed by atoms with Crippen molar-refractivity contribution < 1.29 is 23.8 Å². The van der Waals surface area contributed by atoms with Crippen LogP contribution in [0.3, 0.4) is 0 Å². The van der Waals surface area contributed by atoms with Gasteiger partial charge in [0.15, 0.2) is 11.6 Å². The van der Waals surface area contributed by atoms with E-state index < -0.39 is 39.7 Å². The Morgan fingerprint density at radius 1 is 1.35 bits per heavy atom. The lowest BCUT2D eigenvalue weighted by atomic mass is 10.1. The number of fused-ring (bicyclic) bond motifs is 1. The van der Waals surface area contributed by atoms with Crippen LogP contribution in [0.5, 0.6) is 5.75 Å². The van der Waals surface area contributed by atoms with Crippen LogP contribution in [0.4, 0.5) is 8.78 Å². The first-order valence-corrected chi connectivity index (χ1v) is 4.39. The predicted molar refractivity (Wildman–Crippen MR) is 53.1 cm³/mol. The second-order valence-electron chi connectivity index (χ2n) is 3.28. The average molecular weight is 241 g/mol. The Balaban J connectivity index is 2.98. The lowest BCUT2D eigenvalue weighted by Crippen LogP contribution is -2.15. The van der Waals surface area contributed by atoms with Gasteiger partial charge in [0.1, 0.15) is 5.56 Å². The van der Waals surface area contributed by atoms with Crippen molar-refractivity contribution in [3.63, 3.8) is 0 Å². The topological polar surface area (TPSA) is 90.4 Å². The number of aromatic carboxylic acids is 1. The lowest BCUT2D eigenvalue weighted by molar-refractivity contribution is 0.0695. The number of aromatic amines is 1. The van der Waals surface area contributed by atoms with Crippen LogP contribution in [-0.4, -0.2) is 21.2 Å². The number of hydrogen-bond acceptors (Lipinski definition) is 3. The van der Waals surface area contributed by atoms with E-state index in [4.69, 9.17) is 5.11 Å². The van der Waals surface area contributed by atoms with Crippen LogP contribution in [0.25, 0.3) is 10.9 Å². The van der Waals surface area contributed by atoms with E-state index in [1.807, 2.05) is 0 Å². The average Bonchev–Trinajstić information content (AvgIpc) is 2.27. The molecule has 88 valence electrons. The highest BCUT2D eigenvalue weighted by Gasteiger charge is 2.18. The molecule has 0 saturated heterocycles. The molecule has 17 heavy (non-hydrogen) atoms. The zero-order chi connectivity index (χ0) is 12.7. The number of aromatic hydroxyl groups is 1. The number of rotatable bonds is 1. The zero-order valence-corrected chi connectivity index (χ0v) is 8.12. The van der Waals surface area contributed by atoms with Gasteiger partial charge in [-0.15, -0.1) is 0 Å². The molecule has 0 atom stereocenters. The first-order valence-electron chi connectivity index (χ1n) is 4.39. The van der Waals surface area contributed by atoms with Crippen molar-refractivity contribution in [2.45, 2.75) is 0 Å². The first-order chi connectivity index (χ1) is 7.93. The van der Waals surface area contributed by atoms with Crippen LogP contribution in [0, 0.1) is 11.6 Å². The molecule has 7 heteroatoms. The normalized spacial score (nSPS) is 10.7. The number of carboxylic acids is 1. The van der Waals surface area contributed by atoms with E-state index in [9.17, 15) is 23.5 Å². The Bertz CT molecular complexity index is 693. The number of H-pyrrole nitrogens is 1. The first kappa shape index (κ1) is 11.1. The van der Waals surface area contributed by atoms with Gasteiger partial charge in [-0.1, -0.05) is 0 Å². The van der Waals surface area contributed by atoms with Crippen molar-refractivity contribution in [3.05, 3.63) is 39.7 Å². The minimum Gasteiger partial charge on any atom is -0.503 e. The van der Waals surface area contributed by atoms with E-state index in [2.05, 4.69) is 4.98 Å². The minimum absolute atomic E-state index is 0.348. The number of phenols is 1. The van der Waals surface area contributed by atoms with Gasteiger partial charge in [0, 0.05) is 6.20 Å². The van der Waals surface area contributed by atoms with Gasteiger partial charge in [-0.05, 0) is 6.07 Å². The fraction of sp³-hybridized carbons (Fsp3) is 0. The molecule has 0 aliphatic rings. The highest BCUT2D eigenvalue weighted by molar-refractivity contribution is 5.93. The van der Waals surface area contributed by atoms with Crippen LogP contribution >= 0.6 is 0 Å². The Labute approximate surface area is 91.9 Å². The molecule has 0 spiro atoms. The van der Waals surface area contributed by atoms with Crippen LogP contribution < -0.4 is 5.43 Å². The molecule has 3 N–H and O–H groups in total. The molecule has 0 unspecified atom stereocenters. The molecular formula is C10H5F2NO4. The largest absolute Gasteiger partial charge is 0.503 e. The second-order valence-corrected chi connectivity index (χ2v) is 3.28. The van der Waals surface area contributed by atoms with Crippen molar-refractivity contribution in [2.75, 3.05) is 0 Å². The van der Waals surface area contributed by atoms with Crippen LogP contribution in [0.2, 0.25) is 0 Å². The molecule has 0 fully saturated rings. The van der Waals surface area contributed by atoms with Crippen LogP contribution in [-0.2, 0) is 0 Å². The van der Waals surface area contributed by atoms with Crippen LogP contribution in [0.1, 0.15) is 10.4 Å². The molecule has 1 aromatic carbocycles. The summed E-state index contributed by atoms with van der Waals surface area (Å²) in [6.45, 7) is 0. The Morgan fingerprint density at radius 3 is 2.59 bits per heavy atom. The number of aromatic nitrogens is 1. The fourth-order valence-electron chi connectivity index (χ4n) is 1.45. The van der Waals surface area contributed by atoms with Gasteiger partial charge in [-0.2, -0.15) is 4.39 Å². The predicted octanol–water partition coefficient (Wildman–Crippen LogP) is 1.21. The molecular weight excluding hydrogens is 236 g/mol. The summed E-state index contributed by atoms with van der Waals surface area (Å²) in [7, 11) is 0. The number of phenolic OH excluding ortho intramolecular Hbond substituents is 1. The number of carbonyl (C=O) groups is 1. The lowest BCUT2D eigenvalue weighted by Gasteiger charge is -2.04. The Kier molecular flexibility index (Phi) is 2.31. The smallest absolute Gasteiger partial charge is 0.341 e. The van der Waals surface area contributed by atoms with Gasteiger partial charge < -0.3 is 15.2 Å². The molecule has 0 bridgehead atoms. The number of hydrogen-bond donors (Lipinski definition) is 3. The SMILES string of the molecule is O=C(O)c1c[nH]c2c(O)c(F)c(F)cc2c1=O. The summed E-state index contributed by atoms with van der Waals surface area (Å²) in [4.78, 5) is 24.5. The Hall–Kier alpha value is -2.44. The molecule has 2 aromatic rings. The standard InChI is InChI=1S/C10H5F2NO4/c11-5-1-3-7(9(15)6(5)12)13-2-4(8(3)14)10(16)17/h1-2,15H,(H,13,14)(H,16,17). The maximum Gasteiger partial charge on any atom is 0.341 e. The van der Waals surface area contributed by atoms with Gasteiger partial charge in [-0.3, -0.25) is 4.79 Å². The number of halogens is 2.